The first-order valence-corrected chi connectivity index (χ1v) is 6.93. The summed E-state index contributed by atoms with van der Waals surface area (Å²) in [5.41, 5.74) is 1.55. The Morgan fingerprint density at radius 1 is 0.955 bits per heavy atom. The van der Waals surface area contributed by atoms with Crippen molar-refractivity contribution in [3.05, 3.63) is 53.6 Å². The molecule has 0 heterocycles. The predicted octanol–water partition coefficient (Wildman–Crippen LogP) is 3.33. The fraction of sp³-hybridized carbons (Fsp3) is 0.0556. The van der Waals surface area contributed by atoms with Crippen LogP contribution in [0.25, 0.3) is 21.5 Å². The molecular weight excluding hydrogens is 278 g/mol. The number of Topliss-reactive ketones (excluding diaryl/α,β-unsaturated/α-hetero) is 2. The van der Waals surface area contributed by atoms with Gasteiger partial charge in [0.25, 0.3) is 0 Å². The van der Waals surface area contributed by atoms with Crippen LogP contribution in [0, 0.1) is 0 Å². The minimum Gasteiger partial charge on any atom is -0.326 e. The maximum Gasteiger partial charge on any atom is 0.234 e. The maximum atomic E-state index is 12.4. The molecule has 0 aromatic heterocycles. The predicted molar refractivity (Wildman–Crippen MR) is 84.4 cm³/mol. The highest BCUT2D eigenvalue weighted by molar-refractivity contribution is 6.59. The van der Waals surface area contributed by atoms with Gasteiger partial charge in [-0.15, -0.1) is 0 Å². The molecule has 3 aromatic carbocycles. The molecule has 0 saturated heterocycles. The van der Waals surface area contributed by atoms with Crippen molar-refractivity contribution in [2.45, 2.75) is 6.92 Å². The molecular formula is C18H11NO3. The van der Waals surface area contributed by atoms with Crippen molar-refractivity contribution in [2.75, 3.05) is 5.32 Å². The van der Waals surface area contributed by atoms with Crippen LogP contribution in [0.1, 0.15) is 27.6 Å². The molecule has 0 radical (unpaired) electrons. The quantitative estimate of drug-likeness (QED) is 0.552. The van der Waals surface area contributed by atoms with E-state index < -0.39 is 11.6 Å². The van der Waals surface area contributed by atoms with Crippen LogP contribution in [-0.2, 0) is 4.79 Å². The molecule has 0 atom stereocenters. The van der Waals surface area contributed by atoms with Gasteiger partial charge in [-0.25, -0.2) is 0 Å². The Kier molecular flexibility index (Phi) is 2.45. The average molecular weight is 289 g/mol. The smallest absolute Gasteiger partial charge is 0.234 e. The van der Waals surface area contributed by atoms with E-state index >= 15 is 0 Å². The van der Waals surface area contributed by atoms with Crippen molar-refractivity contribution in [3.63, 3.8) is 0 Å². The normalized spacial score (nSPS) is 13.1. The molecule has 4 heteroatoms. The van der Waals surface area contributed by atoms with Crippen molar-refractivity contribution >= 4 is 44.7 Å². The van der Waals surface area contributed by atoms with Gasteiger partial charge in [0.2, 0.25) is 17.5 Å². The molecule has 106 valence electrons. The van der Waals surface area contributed by atoms with Crippen LogP contribution in [-0.4, -0.2) is 17.5 Å². The Hall–Kier alpha value is -3.01. The second-order valence-electron chi connectivity index (χ2n) is 5.40. The lowest BCUT2D eigenvalue weighted by Crippen LogP contribution is -2.08. The van der Waals surface area contributed by atoms with Crippen LogP contribution in [0.3, 0.4) is 0 Å². The summed E-state index contributed by atoms with van der Waals surface area (Å²) in [6.07, 6.45) is 0. The van der Waals surface area contributed by atoms with Crippen molar-refractivity contribution in [3.8, 4) is 0 Å². The van der Waals surface area contributed by atoms with Gasteiger partial charge in [-0.05, 0) is 22.9 Å². The van der Waals surface area contributed by atoms with E-state index in [2.05, 4.69) is 5.32 Å². The zero-order chi connectivity index (χ0) is 15.4. The minimum atomic E-state index is -0.475. The molecule has 4 rings (SSSR count). The highest BCUT2D eigenvalue weighted by atomic mass is 16.2. The van der Waals surface area contributed by atoms with Gasteiger partial charge in [0, 0.05) is 34.5 Å². The number of anilines is 1. The third-order valence-electron chi connectivity index (χ3n) is 4.01. The minimum absolute atomic E-state index is 0.180. The van der Waals surface area contributed by atoms with Gasteiger partial charge in [-0.2, -0.15) is 0 Å². The summed E-state index contributed by atoms with van der Waals surface area (Å²) < 4.78 is 0. The molecule has 22 heavy (non-hydrogen) atoms. The number of hydrogen-bond donors (Lipinski definition) is 1. The van der Waals surface area contributed by atoms with Gasteiger partial charge >= 0.3 is 0 Å². The number of ketones is 2. The number of carbonyl (C=O) groups is 3. The molecule has 0 fully saturated rings. The maximum absolute atomic E-state index is 12.4. The number of rotatable bonds is 1. The van der Waals surface area contributed by atoms with E-state index in [0.29, 0.717) is 27.6 Å². The van der Waals surface area contributed by atoms with Gasteiger partial charge in [0.1, 0.15) is 0 Å². The first-order valence-electron chi connectivity index (χ1n) is 6.93. The molecule has 1 amide bonds. The van der Waals surface area contributed by atoms with Gasteiger partial charge < -0.3 is 5.32 Å². The standard InChI is InChI=1S/C18H11NO3/c1-9(20)19-14-7-3-5-11-13(14)8-10-4-2-6-12-15(10)16(11)18(22)17(12)21/h2-8H,1H3,(H,19,20). The number of nitrogens with one attached hydrogen (secondary N) is 1. The third-order valence-corrected chi connectivity index (χ3v) is 4.01. The summed E-state index contributed by atoms with van der Waals surface area (Å²) in [5, 5.41) is 5.78. The zero-order valence-electron chi connectivity index (χ0n) is 11.8. The van der Waals surface area contributed by atoms with E-state index in [0.717, 1.165) is 10.8 Å². The van der Waals surface area contributed by atoms with Crippen molar-refractivity contribution in [2.24, 2.45) is 0 Å². The number of fused-ring (bicyclic) bond motifs is 2. The SMILES string of the molecule is CC(=O)Nc1cccc2c3c4c(cccc4cc12)C(=O)C3=O. The van der Waals surface area contributed by atoms with Gasteiger partial charge in [-0.3, -0.25) is 14.4 Å². The first-order chi connectivity index (χ1) is 10.6. The molecule has 0 spiro atoms. The molecule has 1 aliphatic rings. The fourth-order valence-corrected chi connectivity index (χ4v) is 3.16. The number of hydrogen-bond acceptors (Lipinski definition) is 3. The van der Waals surface area contributed by atoms with Crippen LogP contribution >= 0.6 is 0 Å². The lowest BCUT2D eigenvalue weighted by molar-refractivity contribution is -0.114. The van der Waals surface area contributed by atoms with E-state index in [1.807, 2.05) is 18.2 Å². The highest BCUT2D eigenvalue weighted by Crippen LogP contribution is 2.38. The second kappa shape index (κ2) is 4.24. The number of carbonyl (C=O) groups excluding carboxylic acids is 3. The Balaban J connectivity index is 2.20. The van der Waals surface area contributed by atoms with Gasteiger partial charge in [0.15, 0.2) is 0 Å². The molecule has 0 saturated carbocycles. The fourth-order valence-electron chi connectivity index (χ4n) is 3.16. The summed E-state index contributed by atoms with van der Waals surface area (Å²) >= 11 is 0. The van der Waals surface area contributed by atoms with Gasteiger partial charge in [-0.1, -0.05) is 30.3 Å². The molecule has 0 aliphatic heterocycles. The van der Waals surface area contributed by atoms with E-state index in [9.17, 15) is 14.4 Å². The second-order valence-corrected chi connectivity index (χ2v) is 5.40. The van der Waals surface area contributed by atoms with Crippen molar-refractivity contribution < 1.29 is 14.4 Å². The summed E-state index contributed by atoms with van der Waals surface area (Å²) in [7, 11) is 0. The topological polar surface area (TPSA) is 63.2 Å². The summed E-state index contributed by atoms with van der Waals surface area (Å²) in [6, 6.07) is 12.6. The molecule has 3 aromatic rings. The Labute approximate surface area is 125 Å². The molecule has 4 nitrogen and oxygen atoms in total. The lowest BCUT2D eigenvalue weighted by atomic mass is 9.96. The summed E-state index contributed by atoms with van der Waals surface area (Å²) in [4.78, 5) is 35.9. The van der Waals surface area contributed by atoms with Crippen LogP contribution in [0.5, 0.6) is 0 Å². The third kappa shape index (κ3) is 1.55. The Morgan fingerprint density at radius 2 is 1.73 bits per heavy atom. The summed E-state index contributed by atoms with van der Waals surface area (Å²) in [5.74, 6) is -1.12. The molecule has 1 N–H and O–H groups in total. The molecule has 1 aliphatic carbocycles. The number of benzene rings is 3. The van der Waals surface area contributed by atoms with E-state index in [4.69, 9.17) is 0 Å². The monoisotopic (exact) mass is 289 g/mol. The van der Waals surface area contributed by atoms with Crippen molar-refractivity contribution in [1.29, 1.82) is 0 Å². The molecule has 0 unspecified atom stereocenters. The largest absolute Gasteiger partial charge is 0.326 e. The van der Waals surface area contributed by atoms with Crippen LogP contribution < -0.4 is 5.32 Å². The Bertz CT molecular complexity index is 1020. The first kappa shape index (κ1) is 12.7. The average Bonchev–Trinajstić information content (AvgIpc) is 2.75. The van der Waals surface area contributed by atoms with E-state index in [1.165, 1.54) is 6.92 Å². The lowest BCUT2D eigenvalue weighted by Gasteiger charge is -2.10. The van der Waals surface area contributed by atoms with Crippen LogP contribution in [0.2, 0.25) is 0 Å². The highest BCUT2D eigenvalue weighted by Gasteiger charge is 2.32. The Morgan fingerprint density at radius 3 is 2.50 bits per heavy atom. The van der Waals surface area contributed by atoms with Gasteiger partial charge in [0.05, 0.1) is 0 Å². The molecule has 0 bridgehead atoms. The van der Waals surface area contributed by atoms with Crippen LogP contribution in [0.15, 0.2) is 42.5 Å². The number of amides is 1. The van der Waals surface area contributed by atoms with Crippen LogP contribution in [0.4, 0.5) is 5.69 Å². The zero-order valence-corrected chi connectivity index (χ0v) is 11.8. The summed E-state index contributed by atoms with van der Waals surface area (Å²) in [6.45, 7) is 1.44. The van der Waals surface area contributed by atoms with E-state index in [-0.39, 0.29) is 5.91 Å². The van der Waals surface area contributed by atoms with Crippen molar-refractivity contribution in [1.82, 2.24) is 0 Å². The van der Waals surface area contributed by atoms with E-state index in [1.54, 1.807) is 24.3 Å².